The van der Waals surface area contributed by atoms with Gasteiger partial charge in [0.1, 0.15) is 5.75 Å². The molecule has 22 heavy (non-hydrogen) atoms. The van der Waals surface area contributed by atoms with Crippen molar-refractivity contribution in [3.8, 4) is 5.75 Å². The third-order valence-corrected chi connectivity index (χ3v) is 2.78. The Bertz CT molecular complexity index is 497. The van der Waals surface area contributed by atoms with E-state index in [1.165, 1.54) is 0 Å². The van der Waals surface area contributed by atoms with Gasteiger partial charge >= 0.3 is 0 Å². The van der Waals surface area contributed by atoms with E-state index >= 15 is 0 Å². The number of ether oxygens (including phenoxy) is 1. The summed E-state index contributed by atoms with van der Waals surface area (Å²) in [5.41, 5.74) is 0.599. The maximum Gasteiger partial charge on any atom is 0.251 e. The number of carbonyl (C=O) groups is 1. The zero-order chi connectivity index (χ0) is 16.2. The van der Waals surface area contributed by atoms with Crippen molar-refractivity contribution in [2.75, 3.05) is 33.3 Å². The number of benzene rings is 1. The summed E-state index contributed by atoms with van der Waals surface area (Å²) in [6.07, 6.45) is 1.76. The zero-order valence-corrected chi connectivity index (χ0v) is 13.2. The average Bonchev–Trinajstić information content (AvgIpc) is 2.56. The van der Waals surface area contributed by atoms with Crippen molar-refractivity contribution in [1.82, 2.24) is 16.0 Å². The first-order chi connectivity index (χ1) is 10.7. The minimum absolute atomic E-state index is 0.123. The fraction of sp³-hybridized carbons (Fsp3) is 0.375. The van der Waals surface area contributed by atoms with E-state index in [4.69, 9.17) is 4.74 Å². The molecule has 1 aromatic carbocycles. The Balaban J connectivity index is 2.40. The highest BCUT2D eigenvalue weighted by atomic mass is 16.5. The molecule has 0 radical (unpaired) electrons. The Morgan fingerprint density at radius 2 is 2.00 bits per heavy atom. The molecule has 1 aromatic rings. The summed E-state index contributed by atoms with van der Waals surface area (Å²) in [4.78, 5) is 16.3. The van der Waals surface area contributed by atoms with E-state index in [-0.39, 0.29) is 5.91 Å². The van der Waals surface area contributed by atoms with Gasteiger partial charge in [0, 0.05) is 25.2 Å². The first-order valence-electron chi connectivity index (χ1n) is 7.26. The number of rotatable bonds is 8. The second kappa shape index (κ2) is 10.3. The molecule has 0 aromatic heterocycles. The lowest BCUT2D eigenvalue weighted by molar-refractivity contribution is 0.0955. The van der Waals surface area contributed by atoms with Crippen LogP contribution in [-0.4, -0.2) is 45.2 Å². The van der Waals surface area contributed by atoms with E-state index in [0.717, 1.165) is 12.3 Å². The second-order valence-corrected chi connectivity index (χ2v) is 4.41. The summed E-state index contributed by atoms with van der Waals surface area (Å²) in [5.74, 6) is 1.31. The Morgan fingerprint density at radius 3 is 2.59 bits per heavy atom. The molecule has 120 valence electrons. The van der Waals surface area contributed by atoms with Crippen molar-refractivity contribution in [3.05, 3.63) is 42.5 Å². The van der Waals surface area contributed by atoms with Gasteiger partial charge in [-0.05, 0) is 31.2 Å². The lowest BCUT2D eigenvalue weighted by Gasteiger charge is -2.09. The van der Waals surface area contributed by atoms with Crippen LogP contribution in [0.5, 0.6) is 5.75 Å². The van der Waals surface area contributed by atoms with Crippen molar-refractivity contribution in [1.29, 1.82) is 0 Å². The van der Waals surface area contributed by atoms with Gasteiger partial charge in [-0.2, -0.15) is 0 Å². The number of amides is 1. The van der Waals surface area contributed by atoms with Crippen LogP contribution in [0.25, 0.3) is 0 Å². The SMILES string of the molecule is C=CCNC(=NCCNC(=O)c1ccc(OC)cc1)NCC. The molecule has 1 rings (SSSR count). The first kappa shape index (κ1) is 17.6. The van der Waals surface area contributed by atoms with Crippen molar-refractivity contribution in [2.24, 2.45) is 4.99 Å². The van der Waals surface area contributed by atoms with Gasteiger partial charge in [-0.1, -0.05) is 6.08 Å². The van der Waals surface area contributed by atoms with Gasteiger partial charge in [-0.3, -0.25) is 9.79 Å². The van der Waals surface area contributed by atoms with Crippen LogP contribution in [0.3, 0.4) is 0 Å². The van der Waals surface area contributed by atoms with Crippen LogP contribution in [0.1, 0.15) is 17.3 Å². The van der Waals surface area contributed by atoms with Crippen LogP contribution in [-0.2, 0) is 0 Å². The summed E-state index contributed by atoms with van der Waals surface area (Å²) in [5, 5.41) is 9.04. The van der Waals surface area contributed by atoms with E-state index in [1.54, 1.807) is 37.5 Å². The second-order valence-electron chi connectivity index (χ2n) is 4.41. The number of methoxy groups -OCH3 is 1. The minimum Gasteiger partial charge on any atom is -0.497 e. The summed E-state index contributed by atoms with van der Waals surface area (Å²) in [6, 6.07) is 6.98. The molecule has 0 spiro atoms. The molecular formula is C16H24N4O2. The van der Waals surface area contributed by atoms with E-state index in [2.05, 4.69) is 27.5 Å². The molecule has 1 amide bonds. The topological polar surface area (TPSA) is 74.8 Å². The number of aliphatic imine (C=N–C) groups is 1. The number of hydrogen-bond donors (Lipinski definition) is 3. The monoisotopic (exact) mass is 304 g/mol. The minimum atomic E-state index is -0.123. The predicted octanol–water partition coefficient (Wildman–Crippen LogP) is 1.17. The number of hydrogen-bond acceptors (Lipinski definition) is 3. The standard InChI is InChI=1S/C16H24N4O2/c1-4-10-19-16(17-5-2)20-12-11-18-15(21)13-6-8-14(22-3)9-7-13/h4,6-9H,1,5,10-12H2,2-3H3,(H,18,21)(H2,17,19,20). The maximum absolute atomic E-state index is 11.9. The van der Waals surface area contributed by atoms with Crippen LogP contribution in [0.2, 0.25) is 0 Å². The molecule has 0 saturated heterocycles. The number of nitrogens with zero attached hydrogens (tertiary/aromatic N) is 1. The average molecular weight is 304 g/mol. The third-order valence-electron chi connectivity index (χ3n) is 2.78. The van der Waals surface area contributed by atoms with Crippen LogP contribution in [0.4, 0.5) is 0 Å². The van der Waals surface area contributed by atoms with Crippen LogP contribution in [0.15, 0.2) is 41.9 Å². The lowest BCUT2D eigenvalue weighted by atomic mass is 10.2. The highest BCUT2D eigenvalue weighted by molar-refractivity contribution is 5.94. The van der Waals surface area contributed by atoms with Gasteiger partial charge < -0.3 is 20.7 Å². The Labute approximate surface area is 131 Å². The lowest BCUT2D eigenvalue weighted by Crippen LogP contribution is -2.38. The summed E-state index contributed by atoms with van der Waals surface area (Å²) < 4.78 is 5.06. The molecular weight excluding hydrogens is 280 g/mol. The van der Waals surface area contributed by atoms with Crippen LogP contribution >= 0.6 is 0 Å². The summed E-state index contributed by atoms with van der Waals surface area (Å²) >= 11 is 0. The molecule has 0 atom stereocenters. The molecule has 6 nitrogen and oxygen atoms in total. The van der Waals surface area contributed by atoms with E-state index in [9.17, 15) is 4.79 Å². The van der Waals surface area contributed by atoms with Crippen molar-refractivity contribution in [2.45, 2.75) is 6.92 Å². The predicted molar refractivity (Wildman–Crippen MR) is 89.5 cm³/mol. The fourth-order valence-electron chi connectivity index (χ4n) is 1.69. The van der Waals surface area contributed by atoms with Gasteiger partial charge in [-0.25, -0.2) is 0 Å². The molecule has 0 heterocycles. The molecule has 0 aliphatic heterocycles. The van der Waals surface area contributed by atoms with Crippen LogP contribution in [0, 0.1) is 0 Å². The number of guanidine groups is 1. The number of carbonyl (C=O) groups excluding carboxylic acids is 1. The Kier molecular flexibility index (Phi) is 8.18. The molecule has 0 aliphatic carbocycles. The van der Waals surface area contributed by atoms with Crippen LogP contribution < -0.4 is 20.7 Å². The molecule has 3 N–H and O–H groups in total. The maximum atomic E-state index is 11.9. The largest absolute Gasteiger partial charge is 0.497 e. The van der Waals surface area contributed by atoms with Gasteiger partial charge in [0.25, 0.3) is 5.91 Å². The Hall–Kier alpha value is -2.50. The summed E-state index contributed by atoms with van der Waals surface area (Å²) in [7, 11) is 1.59. The quantitative estimate of drug-likeness (QED) is 0.292. The van der Waals surface area contributed by atoms with E-state index in [1.807, 2.05) is 6.92 Å². The van der Waals surface area contributed by atoms with Gasteiger partial charge in [-0.15, -0.1) is 6.58 Å². The molecule has 0 aliphatic rings. The van der Waals surface area contributed by atoms with E-state index in [0.29, 0.717) is 31.2 Å². The van der Waals surface area contributed by atoms with Gasteiger partial charge in [0.2, 0.25) is 0 Å². The molecule has 0 bridgehead atoms. The highest BCUT2D eigenvalue weighted by Crippen LogP contribution is 2.10. The first-order valence-corrected chi connectivity index (χ1v) is 7.26. The highest BCUT2D eigenvalue weighted by Gasteiger charge is 2.04. The summed E-state index contributed by atoms with van der Waals surface area (Å²) in [6.45, 7) is 8.03. The normalized spacial score (nSPS) is 10.7. The van der Waals surface area contributed by atoms with Crippen molar-refractivity contribution in [3.63, 3.8) is 0 Å². The van der Waals surface area contributed by atoms with E-state index < -0.39 is 0 Å². The van der Waals surface area contributed by atoms with Crippen molar-refractivity contribution < 1.29 is 9.53 Å². The number of nitrogens with one attached hydrogen (secondary N) is 3. The van der Waals surface area contributed by atoms with Crippen molar-refractivity contribution >= 4 is 11.9 Å². The third kappa shape index (κ3) is 6.30. The van der Waals surface area contributed by atoms with Gasteiger partial charge in [0.15, 0.2) is 5.96 Å². The molecule has 0 unspecified atom stereocenters. The molecule has 6 heteroatoms. The van der Waals surface area contributed by atoms with Gasteiger partial charge in [0.05, 0.1) is 13.7 Å². The fourth-order valence-corrected chi connectivity index (χ4v) is 1.69. The molecule has 0 saturated carbocycles. The zero-order valence-electron chi connectivity index (χ0n) is 13.2. The smallest absolute Gasteiger partial charge is 0.251 e. The molecule has 0 fully saturated rings. The Morgan fingerprint density at radius 1 is 1.27 bits per heavy atom.